The van der Waals surface area contributed by atoms with Crippen LogP contribution in [0.2, 0.25) is 0 Å². The predicted octanol–water partition coefficient (Wildman–Crippen LogP) is 7.66. The Hall–Kier alpha value is -1.86. The lowest BCUT2D eigenvalue weighted by molar-refractivity contribution is 0.0697. The monoisotopic (exact) mass is 503 g/mol. The van der Waals surface area contributed by atoms with Gasteiger partial charge in [-0.1, -0.05) is 70.6 Å². The molecule has 5 nitrogen and oxygen atoms in total. The molecule has 1 heterocycles. The normalized spacial score (nSPS) is 23.3. The van der Waals surface area contributed by atoms with E-state index in [-0.39, 0.29) is 5.56 Å². The lowest BCUT2D eigenvalue weighted by Gasteiger charge is -2.31. The topological polar surface area (TPSA) is 83.5 Å². The van der Waals surface area contributed by atoms with E-state index in [1.807, 2.05) is 6.07 Å². The van der Waals surface area contributed by atoms with E-state index in [9.17, 15) is 13.2 Å². The molecule has 34 heavy (non-hydrogen) atoms. The number of carbonyl (C=O) groups is 1. The first-order valence-corrected chi connectivity index (χ1v) is 15.2. The highest BCUT2D eigenvalue weighted by Gasteiger charge is 2.26. The molecule has 2 N–H and O–H groups in total. The van der Waals surface area contributed by atoms with Gasteiger partial charge in [0.1, 0.15) is 4.21 Å². The van der Waals surface area contributed by atoms with E-state index < -0.39 is 16.0 Å². The van der Waals surface area contributed by atoms with Crippen LogP contribution in [0.5, 0.6) is 0 Å². The molecule has 2 aliphatic rings. The second-order valence-electron chi connectivity index (χ2n) is 10.1. The number of hydrogen-bond donors (Lipinski definition) is 2. The maximum absolute atomic E-state index is 12.9. The summed E-state index contributed by atoms with van der Waals surface area (Å²) < 4.78 is 28.7. The number of rotatable bonds is 6. The van der Waals surface area contributed by atoms with E-state index in [0.717, 1.165) is 24.7 Å². The highest BCUT2D eigenvalue weighted by Crippen LogP contribution is 2.41. The van der Waals surface area contributed by atoms with Gasteiger partial charge in [0.25, 0.3) is 10.0 Å². The number of aromatic carboxylic acids is 1. The number of hydrogen-bond acceptors (Lipinski definition) is 4. The second kappa shape index (κ2) is 11.7. The Balaban J connectivity index is 1.34. The number of thiophene rings is 1. The van der Waals surface area contributed by atoms with Gasteiger partial charge in [0.15, 0.2) is 0 Å². The van der Waals surface area contributed by atoms with Gasteiger partial charge in [-0.3, -0.25) is 4.72 Å². The fourth-order valence-electron chi connectivity index (χ4n) is 5.84. The van der Waals surface area contributed by atoms with Crippen molar-refractivity contribution in [1.29, 1.82) is 0 Å². The molecule has 2 aromatic rings. The summed E-state index contributed by atoms with van der Waals surface area (Å²) in [4.78, 5) is 12.2. The fraction of sp³-hybridized carbons (Fsp3) is 0.593. The van der Waals surface area contributed by atoms with E-state index in [2.05, 4.69) is 4.72 Å². The zero-order valence-corrected chi connectivity index (χ0v) is 21.5. The summed E-state index contributed by atoms with van der Waals surface area (Å²) in [5, 5.41) is 9.02. The van der Waals surface area contributed by atoms with E-state index in [0.29, 0.717) is 15.8 Å². The van der Waals surface area contributed by atoms with Crippen LogP contribution in [-0.2, 0) is 10.0 Å². The van der Waals surface area contributed by atoms with Crippen molar-refractivity contribution in [3.05, 3.63) is 46.8 Å². The molecule has 7 heteroatoms. The summed E-state index contributed by atoms with van der Waals surface area (Å²) in [6.45, 7) is 0. The molecule has 0 atom stereocenters. The van der Waals surface area contributed by atoms with E-state index in [1.165, 1.54) is 111 Å². The number of anilines is 1. The van der Waals surface area contributed by atoms with Crippen molar-refractivity contribution in [2.45, 2.75) is 93.6 Å². The minimum Gasteiger partial charge on any atom is -0.478 e. The van der Waals surface area contributed by atoms with E-state index in [1.54, 1.807) is 6.07 Å². The molecular weight excluding hydrogens is 466 g/mol. The quantitative estimate of drug-likeness (QED) is 0.424. The number of carboxylic acid groups (broad SMARTS) is 1. The molecule has 0 saturated heterocycles. The number of carboxylic acids is 1. The van der Waals surface area contributed by atoms with Crippen molar-refractivity contribution < 1.29 is 18.3 Å². The van der Waals surface area contributed by atoms with Crippen molar-refractivity contribution in [3.63, 3.8) is 0 Å². The summed E-state index contributed by atoms with van der Waals surface area (Å²) in [5.41, 5.74) is 0.494. The van der Waals surface area contributed by atoms with Gasteiger partial charge in [0.2, 0.25) is 0 Å². The zero-order valence-electron chi connectivity index (χ0n) is 19.9. The Morgan fingerprint density at radius 2 is 1.32 bits per heavy atom. The van der Waals surface area contributed by atoms with Crippen LogP contribution in [0.25, 0.3) is 0 Å². The Morgan fingerprint density at radius 3 is 1.91 bits per heavy atom. The minimum atomic E-state index is -3.69. The van der Waals surface area contributed by atoms with Gasteiger partial charge in [0.05, 0.1) is 5.56 Å². The third kappa shape index (κ3) is 6.63. The van der Waals surface area contributed by atoms with Crippen LogP contribution in [0, 0.1) is 11.8 Å². The highest BCUT2D eigenvalue weighted by atomic mass is 32.2. The van der Waals surface area contributed by atoms with Gasteiger partial charge in [0, 0.05) is 10.6 Å². The van der Waals surface area contributed by atoms with Crippen molar-refractivity contribution in [2.75, 3.05) is 4.72 Å². The van der Waals surface area contributed by atoms with Crippen LogP contribution in [-0.4, -0.2) is 19.5 Å². The molecule has 0 unspecified atom stereocenters. The SMILES string of the molecule is O=C(O)c1ccc(NS(=O)(=O)c2ccc(C3CCCC(C4CCCCCCC4)CCC3)s2)cc1. The Morgan fingerprint density at radius 1 is 0.765 bits per heavy atom. The standard InChI is InChI=1S/C27H37NO4S2/c29-27(30)23-14-16-24(17-15-23)28-34(31,32)26-19-18-25(33-26)22-12-6-10-21(11-7-13-22)20-8-4-2-1-3-5-9-20/h14-22,28H,1-13H2,(H,29,30). The fourth-order valence-corrected chi connectivity index (χ4v) is 8.39. The van der Waals surface area contributed by atoms with Gasteiger partial charge in [-0.15, -0.1) is 11.3 Å². The zero-order chi connectivity index (χ0) is 24.0. The third-order valence-corrected chi connectivity index (χ3v) is 10.8. The summed E-state index contributed by atoms with van der Waals surface area (Å²) in [7, 11) is -3.69. The molecule has 0 bridgehead atoms. The lowest BCUT2D eigenvalue weighted by atomic mass is 9.74. The first-order valence-electron chi connectivity index (χ1n) is 12.9. The van der Waals surface area contributed by atoms with Gasteiger partial charge in [-0.2, -0.15) is 0 Å². The first kappa shape index (κ1) is 25.2. The molecule has 2 aliphatic carbocycles. The second-order valence-corrected chi connectivity index (χ2v) is 13.1. The molecule has 2 saturated carbocycles. The molecular formula is C27H37NO4S2. The maximum Gasteiger partial charge on any atom is 0.335 e. The van der Waals surface area contributed by atoms with Crippen LogP contribution in [0.15, 0.2) is 40.6 Å². The number of sulfonamides is 1. The molecule has 1 aromatic heterocycles. The number of benzene rings is 1. The van der Waals surface area contributed by atoms with Crippen LogP contribution in [0.3, 0.4) is 0 Å². The summed E-state index contributed by atoms with van der Waals surface area (Å²) in [5.74, 6) is 1.22. The maximum atomic E-state index is 12.9. The molecule has 0 radical (unpaired) electrons. The summed E-state index contributed by atoms with van der Waals surface area (Å²) >= 11 is 1.38. The molecule has 0 aliphatic heterocycles. The van der Waals surface area contributed by atoms with Crippen LogP contribution in [0.4, 0.5) is 5.69 Å². The van der Waals surface area contributed by atoms with E-state index >= 15 is 0 Å². The molecule has 0 spiro atoms. The molecule has 186 valence electrons. The third-order valence-electron chi connectivity index (χ3n) is 7.72. The van der Waals surface area contributed by atoms with E-state index in [4.69, 9.17) is 5.11 Å². The molecule has 4 rings (SSSR count). The highest BCUT2D eigenvalue weighted by molar-refractivity contribution is 7.94. The average Bonchev–Trinajstić information content (AvgIpc) is 3.25. The lowest BCUT2D eigenvalue weighted by Crippen LogP contribution is -2.18. The summed E-state index contributed by atoms with van der Waals surface area (Å²) in [6.07, 6.45) is 17.3. The molecule has 1 aromatic carbocycles. The van der Waals surface area contributed by atoms with Crippen molar-refractivity contribution in [3.8, 4) is 0 Å². The predicted molar refractivity (Wildman–Crippen MR) is 138 cm³/mol. The van der Waals surface area contributed by atoms with Crippen LogP contribution >= 0.6 is 11.3 Å². The largest absolute Gasteiger partial charge is 0.478 e. The summed E-state index contributed by atoms with van der Waals surface area (Å²) in [6, 6.07) is 9.47. The Kier molecular flexibility index (Phi) is 8.70. The Bertz CT molecular complexity index is 1030. The van der Waals surface area contributed by atoms with Crippen LogP contribution < -0.4 is 4.72 Å². The Labute approximate surface area is 208 Å². The van der Waals surface area contributed by atoms with Crippen molar-refractivity contribution in [2.24, 2.45) is 11.8 Å². The van der Waals surface area contributed by atoms with Crippen molar-refractivity contribution >= 4 is 33.0 Å². The molecule has 0 amide bonds. The average molecular weight is 504 g/mol. The smallest absolute Gasteiger partial charge is 0.335 e. The van der Waals surface area contributed by atoms with Gasteiger partial charge >= 0.3 is 5.97 Å². The van der Waals surface area contributed by atoms with Crippen LogP contribution in [0.1, 0.15) is 105 Å². The first-order chi connectivity index (χ1) is 16.4. The van der Waals surface area contributed by atoms with Gasteiger partial charge in [-0.05, 0) is 67.0 Å². The minimum absolute atomic E-state index is 0.127. The number of nitrogens with one attached hydrogen (secondary N) is 1. The molecule has 2 fully saturated rings. The van der Waals surface area contributed by atoms with Gasteiger partial charge < -0.3 is 5.11 Å². The van der Waals surface area contributed by atoms with Gasteiger partial charge in [-0.25, -0.2) is 13.2 Å². The van der Waals surface area contributed by atoms with Crippen molar-refractivity contribution in [1.82, 2.24) is 0 Å².